The van der Waals surface area contributed by atoms with Gasteiger partial charge in [-0.05, 0) is 42.4 Å². The summed E-state index contributed by atoms with van der Waals surface area (Å²) in [6, 6.07) is 14.5. The van der Waals surface area contributed by atoms with E-state index in [9.17, 15) is 10.1 Å². The highest BCUT2D eigenvalue weighted by Crippen LogP contribution is 2.42. The summed E-state index contributed by atoms with van der Waals surface area (Å²) in [6.45, 7) is 0. The average Bonchev–Trinajstić information content (AvgIpc) is 3.09. The molecule has 28 heavy (non-hydrogen) atoms. The summed E-state index contributed by atoms with van der Waals surface area (Å²) in [7, 11) is 0. The first kappa shape index (κ1) is 18.7. The minimum Gasteiger partial charge on any atom is -0.316 e. The number of nitrogens with zero attached hydrogens (tertiary/aromatic N) is 3. The Morgan fingerprint density at radius 2 is 2.04 bits per heavy atom. The monoisotopic (exact) mass is 406 g/mol. The number of hydrogen-bond donors (Lipinski definition) is 1. The van der Waals surface area contributed by atoms with Gasteiger partial charge in [-0.3, -0.25) is 4.79 Å². The number of amides is 1. The third-order valence-corrected chi connectivity index (χ3v) is 6.82. The normalized spacial score (nSPS) is 15.5. The zero-order valence-corrected chi connectivity index (χ0v) is 16.7. The number of nitriles is 1. The maximum Gasteiger partial charge on any atom is 0.235 e. The molecule has 1 aliphatic rings. The molecule has 1 N–H and O–H groups in total. The quantitative estimate of drug-likeness (QED) is 0.501. The molecule has 0 fully saturated rings. The van der Waals surface area contributed by atoms with Gasteiger partial charge in [0.05, 0.1) is 11.3 Å². The summed E-state index contributed by atoms with van der Waals surface area (Å²) in [5.74, 6) is 0.532. The van der Waals surface area contributed by atoms with Gasteiger partial charge in [-0.2, -0.15) is 5.26 Å². The van der Waals surface area contributed by atoms with Gasteiger partial charge in [0.1, 0.15) is 11.1 Å². The summed E-state index contributed by atoms with van der Waals surface area (Å²) in [4.78, 5) is 21.8. The van der Waals surface area contributed by atoms with Gasteiger partial charge in [-0.25, -0.2) is 9.97 Å². The molecule has 1 aliphatic carbocycles. The molecular weight excluding hydrogens is 388 g/mol. The highest BCUT2D eigenvalue weighted by molar-refractivity contribution is 7.99. The summed E-state index contributed by atoms with van der Waals surface area (Å²) in [5, 5.41) is 13.8. The maximum absolute atomic E-state index is 12.4. The van der Waals surface area contributed by atoms with Crippen LogP contribution in [-0.4, -0.2) is 21.6 Å². The molecule has 0 spiro atoms. The standard InChI is InChI=1S/C21H18N4OS2/c22-12-17-16-8-7-15(14-5-2-1-3-6-14)11-18(16)28-20(17)25-19(26)13-27-21-23-9-4-10-24-21/h1-6,9-10,15H,7-8,11,13H2,(H,25,26)/t15-/m1/s1. The van der Waals surface area contributed by atoms with Crippen molar-refractivity contribution in [2.45, 2.75) is 30.3 Å². The van der Waals surface area contributed by atoms with E-state index in [4.69, 9.17) is 0 Å². The Bertz CT molecular complexity index is 1010. The number of thiophene rings is 1. The number of aromatic nitrogens is 2. The number of nitrogens with one attached hydrogen (secondary N) is 1. The molecule has 5 nitrogen and oxygen atoms in total. The lowest BCUT2D eigenvalue weighted by Crippen LogP contribution is -2.14. The van der Waals surface area contributed by atoms with Crippen LogP contribution in [0.2, 0.25) is 0 Å². The maximum atomic E-state index is 12.4. The molecule has 4 rings (SSSR count). The molecule has 1 aromatic carbocycles. The summed E-state index contributed by atoms with van der Waals surface area (Å²) < 4.78 is 0. The second kappa shape index (κ2) is 8.55. The number of carbonyl (C=O) groups is 1. The molecule has 0 bridgehead atoms. The van der Waals surface area contributed by atoms with E-state index in [1.165, 1.54) is 33.5 Å². The summed E-state index contributed by atoms with van der Waals surface area (Å²) >= 11 is 2.82. The van der Waals surface area contributed by atoms with Crippen LogP contribution in [-0.2, 0) is 17.6 Å². The van der Waals surface area contributed by atoms with Gasteiger partial charge < -0.3 is 5.32 Å². The second-order valence-corrected chi connectivity index (χ2v) is 8.59. The third kappa shape index (κ3) is 4.08. The number of benzene rings is 1. The average molecular weight is 407 g/mol. The number of hydrogen-bond acceptors (Lipinski definition) is 6. The molecule has 0 radical (unpaired) electrons. The Morgan fingerprint density at radius 1 is 1.25 bits per heavy atom. The molecule has 7 heteroatoms. The van der Waals surface area contributed by atoms with Crippen molar-refractivity contribution in [2.75, 3.05) is 11.1 Å². The lowest BCUT2D eigenvalue weighted by Gasteiger charge is -2.22. The van der Waals surface area contributed by atoms with Crippen molar-refractivity contribution in [1.29, 1.82) is 5.26 Å². The van der Waals surface area contributed by atoms with Crippen LogP contribution in [0.3, 0.4) is 0 Å². The molecule has 0 saturated heterocycles. The third-order valence-electron chi connectivity index (χ3n) is 4.78. The van der Waals surface area contributed by atoms with Gasteiger partial charge in [-0.1, -0.05) is 42.1 Å². The van der Waals surface area contributed by atoms with Crippen molar-refractivity contribution in [2.24, 2.45) is 0 Å². The van der Waals surface area contributed by atoms with Crippen molar-refractivity contribution >= 4 is 34.0 Å². The zero-order valence-electron chi connectivity index (χ0n) is 15.1. The first-order chi connectivity index (χ1) is 13.7. The molecule has 1 amide bonds. The number of anilines is 1. The van der Waals surface area contributed by atoms with Crippen molar-refractivity contribution in [3.05, 3.63) is 70.4 Å². The van der Waals surface area contributed by atoms with Crippen molar-refractivity contribution < 1.29 is 4.79 Å². The Labute approximate surface area is 171 Å². The Morgan fingerprint density at radius 3 is 2.79 bits per heavy atom. The molecule has 3 aromatic rings. The largest absolute Gasteiger partial charge is 0.316 e. The van der Waals surface area contributed by atoms with E-state index < -0.39 is 0 Å². The van der Waals surface area contributed by atoms with E-state index in [0.717, 1.165) is 24.8 Å². The van der Waals surface area contributed by atoms with Gasteiger partial charge in [0.2, 0.25) is 5.91 Å². The predicted octanol–water partition coefficient (Wildman–Crippen LogP) is 4.41. The fourth-order valence-corrected chi connectivity index (χ4v) is 5.35. The molecule has 2 heterocycles. The number of carbonyl (C=O) groups excluding carboxylic acids is 1. The lowest BCUT2D eigenvalue weighted by molar-refractivity contribution is -0.113. The number of rotatable bonds is 5. The van der Waals surface area contributed by atoms with Crippen molar-refractivity contribution in [1.82, 2.24) is 9.97 Å². The molecule has 140 valence electrons. The van der Waals surface area contributed by atoms with Crippen molar-refractivity contribution in [3.63, 3.8) is 0 Å². The number of fused-ring (bicyclic) bond motifs is 1. The molecule has 0 saturated carbocycles. The van der Waals surface area contributed by atoms with E-state index >= 15 is 0 Å². The second-order valence-electron chi connectivity index (χ2n) is 6.54. The topological polar surface area (TPSA) is 78.7 Å². The highest BCUT2D eigenvalue weighted by atomic mass is 32.2. The van der Waals surface area contributed by atoms with Gasteiger partial charge in [-0.15, -0.1) is 11.3 Å². The predicted molar refractivity (Wildman–Crippen MR) is 112 cm³/mol. The summed E-state index contributed by atoms with van der Waals surface area (Å²) in [5.41, 5.74) is 3.07. The lowest BCUT2D eigenvalue weighted by atomic mass is 9.83. The Hall–Kier alpha value is -2.69. The van der Waals surface area contributed by atoms with Gasteiger partial charge in [0.25, 0.3) is 0 Å². The van der Waals surface area contributed by atoms with Crippen LogP contribution in [0.25, 0.3) is 0 Å². The molecular formula is C21H18N4OS2. The van der Waals surface area contributed by atoms with Crippen LogP contribution in [0.1, 0.15) is 33.9 Å². The van der Waals surface area contributed by atoms with Gasteiger partial charge in [0.15, 0.2) is 5.16 Å². The van der Waals surface area contributed by atoms with Crippen LogP contribution < -0.4 is 5.32 Å². The zero-order chi connectivity index (χ0) is 19.3. The molecule has 1 atom stereocenters. The van der Waals surface area contributed by atoms with E-state index in [1.54, 1.807) is 18.5 Å². The minimum absolute atomic E-state index is 0.146. The SMILES string of the molecule is N#Cc1c(NC(=O)CSc2ncccn2)sc2c1CC[C@@H](c1ccccc1)C2. The van der Waals surface area contributed by atoms with Gasteiger partial charge >= 0.3 is 0 Å². The van der Waals surface area contributed by atoms with E-state index in [2.05, 4.69) is 45.6 Å². The summed E-state index contributed by atoms with van der Waals surface area (Å²) in [6.07, 6.45) is 6.12. The first-order valence-corrected chi connectivity index (χ1v) is 10.8. The van der Waals surface area contributed by atoms with Crippen LogP contribution in [0.4, 0.5) is 5.00 Å². The van der Waals surface area contributed by atoms with Crippen molar-refractivity contribution in [3.8, 4) is 6.07 Å². The Balaban J connectivity index is 1.46. The van der Waals surface area contributed by atoms with E-state index in [1.807, 2.05) is 6.07 Å². The van der Waals surface area contributed by atoms with Crippen LogP contribution in [0, 0.1) is 11.3 Å². The fraction of sp³-hybridized carbons (Fsp3) is 0.238. The first-order valence-electron chi connectivity index (χ1n) is 9.04. The minimum atomic E-state index is -0.146. The Kier molecular flexibility index (Phi) is 5.70. The van der Waals surface area contributed by atoms with E-state index in [-0.39, 0.29) is 11.7 Å². The highest BCUT2D eigenvalue weighted by Gasteiger charge is 2.27. The van der Waals surface area contributed by atoms with E-state index in [0.29, 0.717) is 21.6 Å². The molecule has 2 aromatic heterocycles. The fourth-order valence-electron chi connectivity index (χ4n) is 3.45. The number of thioether (sulfide) groups is 1. The van der Waals surface area contributed by atoms with Crippen LogP contribution in [0.5, 0.6) is 0 Å². The van der Waals surface area contributed by atoms with Gasteiger partial charge in [0, 0.05) is 17.3 Å². The van der Waals surface area contributed by atoms with Crippen LogP contribution >= 0.6 is 23.1 Å². The molecule has 0 aliphatic heterocycles. The smallest absolute Gasteiger partial charge is 0.235 e. The van der Waals surface area contributed by atoms with Crippen LogP contribution in [0.15, 0.2) is 53.9 Å². The molecule has 0 unspecified atom stereocenters.